The lowest BCUT2D eigenvalue weighted by Gasteiger charge is -2.39. The highest BCUT2D eigenvalue weighted by atomic mass is 16.6. The van der Waals surface area contributed by atoms with Crippen LogP contribution < -0.4 is 0 Å². The second-order valence-corrected chi connectivity index (χ2v) is 4.42. The molecule has 0 spiro atoms. The Labute approximate surface area is 80.5 Å². The molecule has 0 saturated carbocycles. The van der Waals surface area contributed by atoms with E-state index in [4.69, 9.17) is 4.74 Å². The van der Waals surface area contributed by atoms with Crippen molar-refractivity contribution < 1.29 is 20.1 Å². The van der Waals surface area contributed by atoms with Gasteiger partial charge in [0, 0.05) is 5.40 Å². The molecular weight excluding hydrogens is 168 g/mol. The highest BCUT2D eigenvalue weighted by Crippen LogP contribution is 2.34. The van der Waals surface area contributed by atoms with Gasteiger partial charge in [0.25, 0.3) is 0 Å². The van der Waals surface area contributed by atoms with E-state index in [1.807, 2.05) is 0 Å². The molecule has 0 aliphatic carbocycles. The zero-order valence-electron chi connectivity index (χ0n) is 8.48. The molecule has 1 rings (SSSR count). The van der Waals surface area contributed by atoms with Gasteiger partial charge in [-0.3, -0.25) is 0 Å². The van der Waals surface area contributed by atoms with E-state index in [-0.39, 0.29) is 0 Å². The van der Waals surface area contributed by atoms with Crippen molar-refractivity contribution in [2.24, 2.45) is 0 Å². The summed E-state index contributed by atoms with van der Waals surface area (Å²) in [5, 5.41) is 27.8. The van der Waals surface area contributed by atoms with E-state index in [1.54, 1.807) is 30.5 Å². The van der Waals surface area contributed by atoms with Crippen molar-refractivity contribution in [1.82, 2.24) is 0 Å². The van der Waals surface area contributed by atoms with Crippen LogP contribution in [0.1, 0.15) is 6.92 Å². The minimum Gasteiger partial charge on any atom is -0.405 e. The van der Waals surface area contributed by atoms with Gasteiger partial charge in [-0.15, -0.1) is 0 Å². The average Bonchev–Trinajstić information content (AvgIpc) is 2.15. The van der Waals surface area contributed by atoms with E-state index in [0.29, 0.717) is 0 Å². The fourth-order valence-electron chi connectivity index (χ4n) is 1.61. The maximum Gasteiger partial charge on any atom is 0.148 e. The summed E-state index contributed by atoms with van der Waals surface area (Å²) in [5.41, 5.74) is -1.11. The third kappa shape index (κ3) is 1.54. The molecule has 1 saturated heterocycles. The SMILES string of the molecule is BC(B)(O)[C@@]1(B)OC(C)C(O)C1O. The number of rotatable bonds is 1. The van der Waals surface area contributed by atoms with Gasteiger partial charge in [0.15, 0.2) is 0 Å². The lowest BCUT2D eigenvalue weighted by Crippen LogP contribution is -2.62. The molecule has 72 valence electrons. The molecule has 0 amide bonds. The van der Waals surface area contributed by atoms with Crippen LogP contribution in [0.25, 0.3) is 0 Å². The molecule has 0 aromatic rings. The number of aliphatic hydroxyl groups excluding tert-OH is 2. The smallest absolute Gasteiger partial charge is 0.148 e. The first-order chi connectivity index (χ1) is 5.70. The molecule has 0 radical (unpaired) electrons. The summed E-state index contributed by atoms with van der Waals surface area (Å²) in [6, 6.07) is 0. The first-order valence-corrected chi connectivity index (χ1v) is 4.46. The van der Waals surface area contributed by atoms with Crippen LogP contribution in [0.15, 0.2) is 0 Å². The lowest BCUT2D eigenvalue weighted by molar-refractivity contribution is -0.0818. The molecular formula is C6H15B3O4. The van der Waals surface area contributed by atoms with Gasteiger partial charge in [-0.25, -0.2) is 0 Å². The van der Waals surface area contributed by atoms with Crippen molar-refractivity contribution >= 4 is 23.5 Å². The van der Waals surface area contributed by atoms with Crippen molar-refractivity contribution in [1.29, 1.82) is 0 Å². The van der Waals surface area contributed by atoms with Crippen LogP contribution in [0.2, 0.25) is 0 Å². The van der Waals surface area contributed by atoms with E-state index in [9.17, 15) is 15.3 Å². The highest BCUT2D eigenvalue weighted by Gasteiger charge is 2.55. The molecule has 4 atom stereocenters. The lowest BCUT2D eigenvalue weighted by atomic mass is 9.48. The van der Waals surface area contributed by atoms with E-state index >= 15 is 0 Å². The zero-order valence-corrected chi connectivity index (χ0v) is 8.48. The molecule has 3 N–H and O–H groups in total. The standard InChI is InChI=1S/C6H15B3O4/c1-2-3(10)4(11)5(7,13-2)6(8,9)12/h2-4,10-12H,7-9H2,1H3/t2?,3?,4?,5-/m0/s1. The van der Waals surface area contributed by atoms with Crippen molar-refractivity contribution in [3.63, 3.8) is 0 Å². The van der Waals surface area contributed by atoms with Gasteiger partial charge < -0.3 is 20.1 Å². The van der Waals surface area contributed by atoms with E-state index < -0.39 is 29.2 Å². The highest BCUT2D eigenvalue weighted by molar-refractivity contribution is 6.44. The van der Waals surface area contributed by atoms with Crippen LogP contribution in [0.4, 0.5) is 0 Å². The topological polar surface area (TPSA) is 69.9 Å². The van der Waals surface area contributed by atoms with Crippen LogP contribution in [-0.2, 0) is 4.74 Å². The third-order valence-corrected chi connectivity index (χ3v) is 3.01. The van der Waals surface area contributed by atoms with Gasteiger partial charge in [-0.2, -0.15) is 0 Å². The Hall–Kier alpha value is 0.0348. The number of aliphatic hydroxyl groups is 3. The molecule has 0 bridgehead atoms. The molecule has 1 heterocycles. The Morgan fingerprint density at radius 1 is 1.38 bits per heavy atom. The summed E-state index contributed by atoms with van der Waals surface area (Å²) in [6.45, 7) is 1.67. The van der Waals surface area contributed by atoms with E-state index in [1.165, 1.54) is 0 Å². The summed E-state index contributed by atoms with van der Waals surface area (Å²) in [7, 11) is 4.71. The maximum absolute atomic E-state index is 9.79. The van der Waals surface area contributed by atoms with E-state index in [0.717, 1.165) is 0 Å². The molecule has 1 fully saturated rings. The summed E-state index contributed by atoms with van der Waals surface area (Å²) in [5.74, 6) is 0. The normalized spacial score (nSPS) is 46.6. The largest absolute Gasteiger partial charge is 0.405 e. The summed E-state index contributed by atoms with van der Waals surface area (Å²) in [6.07, 6.45) is -2.44. The molecule has 4 nitrogen and oxygen atoms in total. The Balaban J connectivity index is 2.94. The molecule has 0 aromatic carbocycles. The van der Waals surface area contributed by atoms with Crippen molar-refractivity contribution in [2.75, 3.05) is 0 Å². The summed E-state index contributed by atoms with van der Waals surface area (Å²) < 4.78 is 5.39. The van der Waals surface area contributed by atoms with Crippen LogP contribution in [0.5, 0.6) is 0 Å². The minimum atomic E-state index is -1.18. The van der Waals surface area contributed by atoms with Crippen LogP contribution in [-0.4, -0.2) is 68.1 Å². The second-order valence-electron chi connectivity index (χ2n) is 4.42. The van der Waals surface area contributed by atoms with Crippen molar-refractivity contribution in [2.45, 2.75) is 36.1 Å². The Kier molecular flexibility index (Phi) is 2.58. The van der Waals surface area contributed by atoms with Gasteiger partial charge in [-0.1, -0.05) is 0 Å². The van der Waals surface area contributed by atoms with Crippen LogP contribution in [0.3, 0.4) is 0 Å². The van der Waals surface area contributed by atoms with Gasteiger partial charge in [0.1, 0.15) is 35.7 Å². The third-order valence-electron chi connectivity index (χ3n) is 3.01. The molecule has 1 aliphatic rings. The predicted octanol–water partition coefficient (Wildman–Crippen LogP) is -4.63. The Bertz CT molecular complexity index is 207. The van der Waals surface area contributed by atoms with E-state index in [2.05, 4.69) is 0 Å². The average molecular weight is 184 g/mol. The summed E-state index contributed by atoms with van der Waals surface area (Å²) in [4.78, 5) is 0. The monoisotopic (exact) mass is 184 g/mol. The van der Waals surface area contributed by atoms with Gasteiger partial charge in [0.05, 0.1) is 11.6 Å². The van der Waals surface area contributed by atoms with Crippen LogP contribution >= 0.6 is 0 Å². The Morgan fingerprint density at radius 3 is 2.00 bits per heavy atom. The molecule has 0 aromatic heterocycles. The quantitative estimate of drug-likeness (QED) is 0.358. The predicted molar refractivity (Wildman–Crippen MR) is 55.9 cm³/mol. The number of hydrogen-bond donors (Lipinski definition) is 3. The van der Waals surface area contributed by atoms with Crippen molar-refractivity contribution in [3.8, 4) is 0 Å². The molecule has 3 unspecified atom stereocenters. The zero-order chi connectivity index (χ0) is 10.4. The number of hydrogen-bond acceptors (Lipinski definition) is 4. The minimum absolute atomic E-state index is 0.452. The number of ether oxygens (including phenoxy) is 1. The fourth-order valence-corrected chi connectivity index (χ4v) is 1.61. The first-order valence-electron chi connectivity index (χ1n) is 4.46. The van der Waals surface area contributed by atoms with Crippen LogP contribution in [0, 0.1) is 0 Å². The van der Waals surface area contributed by atoms with Gasteiger partial charge >= 0.3 is 0 Å². The maximum atomic E-state index is 9.79. The molecule has 1 aliphatic heterocycles. The summed E-state index contributed by atoms with van der Waals surface area (Å²) >= 11 is 0. The van der Waals surface area contributed by atoms with Crippen molar-refractivity contribution in [3.05, 3.63) is 0 Å². The fraction of sp³-hybridized carbons (Fsp3) is 1.00. The second kappa shape index (κ2) is 3.02. The molecule has 7 heteroatoms. The first kappa shape index (κ1) is 11.1. The van der Waals surface area contributed by atoms with Gasteiger partial charge in [-0.05, 0) is 6.92 Å². The Morgan fingerprint density at radius 2 is 1.85 bits per heavy atom. The molecule has 13 heavy (non-hydrogen) atoms. The van der Waals surface area contributed by atoms with Gasteiger partial charge in [0.2, 0.25) is 0 Å².